The number of hydrogen-bond donors (Lipinski definition) is 1. The third-order valence-corrected chi connectivity index (χ3v) is 5.07. The fraction of sp³-hybridized carbons (Fsp3) is 0.273. The standard InChI is InChI=1S/C22H21F3N4/c1-15-5-4-8-19(27-15)28-21(22(23,24)25)17-9-10-20(26-13-17)29-12-11-16-6-2-3-7-18(16)14-29/h2-10,13,21H,11-12,14H2,1H3,(H,27,28). The first-order valence-corrected chi connectivity index (χ1v) is 9.45. The summed E-state index contributed by atoms with van der Waals surface area (Å²) >= 11 is 0. The lowest BCUT2D eigenvalue weighted by molar-refractivity contribution is -0.144. The van der Waals surface area contributed by atoms with E-state index < -0.39 is 12.2 Å². The number of anilines is 2. The summed E-state index contributed by atoms with van der Waals surface area (Å²) in [5, 5.41) is 2.50. The summed E-state index contributed by atoms with van der Waals surface area (Å²) in [6, 6.07) is 14.4. The van der Waals surface area contributed by atoms with Crippen molar-refractivity contribution in [3.05, 3.63) is 83.2 Å². The molecule has 0 spiro atoms. The van der Waals surface area contributed by atoms with E-state index in [9.17, 15) is 13.2 Å². The van der Waals surface area contributed by atoms with Crippen LogP contribution >= 0.6 is 0 Å². The van der Waals surface area contributed by atoms with Gasteiger partial charge in [0.15, 0.2) is 6.04 Å². The fourth-order valence-corrected chi connectivity index (χ4v) is 3.57. The second-order valence-electron chi connectivity index (χ2n) is 7.17. The van der Waals surface area contributed by atoms with Crippen molar-refractivity contribution in [1.29, 1.82) is 0 Å². The molecule has 0 amide bonds. The van der Waals surface area contributed by atoms with Crippen molar-refractivity contribution >= 4 is 11.6 Å². The quantitative estimate of drug-likeness (QED) is 0.667. The molecule has 1 aliphatic heterocycles. The average Bonchev–Trinajstić information content (AvgIpc) is 2.71. The lowest BCUT2D eigenvalue weighted by atomic mass is 10.00. The summed E-state index contributed by atoms with van der Waals surface area (Å²) in [6.45, 7) is 3.23. The number of fused-ring (bicyclic) bond motifs is 1. The highest BCUT2D eigenvalue weighted by Gasteiger charge is 2.41. The Hall–Kier alpha value is -3.09. The first kappa shape index (κ1) is 19.2. The average molecular weight is 398 g/mol. The Morgan fingerprint density at radius 3 is 2.48 bits per heavy atom. The molecule has 29 heavy (non-hydrogen) atoms. The number of pyridine rings is 2. The van der Waals surface area contributed by atoms with Gasteiger partial charge in [-0.05, 0) is 42.7 Å². The van der Waals surface area contributed by atoms with E-state index in [1.54, 1.807) is 25.1 Å². The molecule has 0 radical (unpaired) electrons. The van der Waals surface area contributed by atoms with Gasteiger partial charge in [-0.2, -0.15) is 13.2 Å². The van der Waals surface area contributed by atoms with Gasteiger partial charge in [-0.15, -0.1) is 0 Å². The Morgan fingerprint density at radius 2 is 1.79 bits per heavy atom. The SMILES string of the molecule is Cc1cccc(NC(c2ccc(N3CCc4ccccc4C3)nc2)C(F)(F)F)n1. The van der Waals surface area contributed by atoms with Gasteiger partial charge in [0.05, 0.1) is 0 Å². The Morgan fingerprint density at radius 1 is 1.00 bits per heavy atom. The van der Waals surface area contributed by atoms with Crippen LogP contribution in [0.4, 0.5) is 24.8 Å². The van der Waals surface area contributed by atoms with Crippen molar-refractivity contribution in [1.82, 2.24) is 9.97 Å². The molecule has 4 nitrogen and oxygen atoms in total. The molecular weight excluding hydrogens is 377 g/mol. The fourth-order valence-electron chi connectivity index (χ4n) is 3.57. The van der Waals surface area contributed by atoms with Crippen molar-refractivity contribution in [2.24, 2.45) is 0 Å². The van der Waals surface area contributed by atoms with Crippen molar-refractivity contribution in [3.8, 4) is 0 Å². The van der Waals surface area contributed by atoms with E-state index in [4.69, 9.17) is 0 Å². The van der Waals surface area contributed by atoms with Crippen LogP contribution < -0.4 is 10.2 Å². The molecule has 1 N–H and O–H groups in total. The number of rotatable bonds is 4. The maximum absolute atomic E-state index is 13.7. The summed E-state index contributed by atoms with van der Waals surface area (Å²) in [7, 11) is 0. The van der Waals surface area contributed by atoms with Gasteiger partial charge in [0.25, 0.3) is 0 Å². The monoisotopic (exact) mass is 398 g/mol. The van der Waals surface area contributed by atoms with E-state index in [2.05, 4.69) is 32.3 Å². The van der Waals surface area contributed by atoms with E-state index in [0.29, 0.717) is 18.1 Å². The Balaban J connectivity index is 1.55. The summed E-state index contributed by atoms with van der Waals surface area (Å²) in [5.41, 5.74) is 3.24. The van der Waals surface area contributed by atoms with Crippen LogP contribution in [0.25, 0.3) is 0 Å². The number of aryl methyl sites for hydroxylation is 1. The topological polar surface area (TPSA) is 41.0 Å². The maximum atomic E-state index is 13.7. The van der Waals surface area contributed by atoms with E-state index in [1.807, 2.05) is 12.1 Å². The molecule has 0 bridgehead atoms. The maximum Gasteiger partial charge on any atom is 0.412 e. The number of nitrogens with zero attached hydrogens (tertiary/aromatic N) is 3. The molecular formula is C22H21F3N4. The third kappa shape index (κ3) is 4.34. The van der Waals surface area contributed by atoms with Gasteiger partial charge in [-0.3, -0.25) is 0 Å². The minimum absolute atomic E-state index is 0.0574. The van der Waals surface area contributed by atoms with Gasteiger partial charge in [0, 0.05) is 30.5 Å². The van der Waals surface area contributed by atoms with Crippen molar-refractivity contribution in [3.63, 3.8) is 0 Å². The van der Waals surface area contributed by atoms with Crippen LogP contribution in [0, 0.1) is 6.92 Å². The summed E-state index contributed by atoms with van der Waals surface area (Å²) in [4.78, 5) is 10.5. The zero-order chi connectivity index (χ0) is 20.4. The van der Waals surface area contributed by atoms with Gasteiger partial charge < -0.3 is 10.2 Å². The van der Waals surface area contributed by atoms with Gasteiger partial charge in [-0.25, -0.2) is 9.97 Å². The number of halogens is 3. The molecule has 4 rings (SSSR count). The summed E-state index contributed by atoms with van der Waals surface area (Å²) in [6.07, 6.45) is -2.28. The summed E-state index contributed by atoms with van der Waals surface area (Å²) < 4.78 is 41.1. The molecule has 0 aliphatic carbocycles. The molecule has 2 aromatic heterocycles. The third-order valence-electron chi connectivity index (χ3n) is 5.07. The number of alkyl halides is 3. The van der Waals surface area contributed by atoms with Crippen molar-refractivity contribution in [2.45, 2.75) is 32.1 Å². The summed E-state index contributed by atoms with van der Waals surface area (Å²) in [5.74, 6) is 0.863. The molecule has 0 saturated carbocycles. The smallest absolute Gasteiger partial charge is 0.355 e. The highest BCUT2D eigenvalue weighted by Crippen LogP contribution is 2.35. The molecule has 3 aromatic rings. The van der Waals surface area contributed by atoms with E-state index in [0.717, 1.165) is 13.0 Å². The van der Waals surface area contributed by atoms with E-state index in [1.165, 1.54) is 29.5 Å². The van der Waals surface area contributed by atoms with Crippen LogP contribution in [0.3, 0.4) is 0 Å². The lowest BCUT2D eigenvalue weighted by Crippen LogP contribution is -2.31. The minimum Gasteiger partial charge on any atom is -0.355 e. The highest BCUT2D eigenvalue weighted by atomic mass is 19.4. The van der Waals surface area contributed by atoms with Crippen molar-refractivity contribution in [2.75, 3.05) is 16.8 Å². The Kier molecular flexibility index (Phi) is 5.13. The molecule has 1 aliphatic rings. The molecule has 7 heteroatoms. The molecule has 0 fully saturated rings. The highest BCUT2D eigenvalue weighted by molar-refractivity contribution is 5.46. The van der Waals surface area contributed by atoms with E-state index >= 15 is 0 Å². The van der Waals surface area contributed by atoms with E-state index in [-0.39, 0.29) is 11.4 Å². The normalized spacial score (nSPS) is 15.0. The van der Waals surface area contributed by atoms with Gasteiger partial charge in [-0.1, -0.05) is 36.4 Å². The molecule has 1 unspecified atom stereocenters. The van der Waals surface area contributed by atoms with Gasteiger partial charge in [0.2, 0.25) is 0 Å². The predicted molar refractivity (Wildman–Crippen MR) is 107 cm³/mol. The van der Waals surface area contributed by atoms with Gasteiger partial charge in [0.1, 0.15) is 11.6 Å². The Bertz CT molecular complexity index is 986. The van der Waals surface area contributed by atoms with Crippen LogP contribution in [0.1, 0.15) is 28.4 Å². The molecule has 3 heterocycles. The zero-order valence-electron chi connectivity index (χ0n) is 15.9. The van der Waals surface area contributed by atoms with Crippen LogP contribution in [-0.4, -0.2) is 22.7 Å². The lowest BCUT2D eigenvalue weighted by Gasteiger charge is -2.30. The second-order valence-corrected chi connectivity index (χ2v) is 7.17. The Labute approximate surface area is 167 Å². The number of hydrogen-bond acceptors (Lipinski definition) is 4. The van der Waals surface area contributed by atoms with Crippen LogP contribution in [-0.2, 0) is 13.0 Å². The first-order valence-electron chi connectivity index (χ1n) is 9.45. The van der Waals surface area contributed by atoms with Crippen LogP contribution in [0.2, 0.25) is 0 Å². The number of nitrogens with one attached hydrogen (secondary N) is 1. The molecule has 1 atom stereocenters. The molecule has 1 aromatic carbocycles. The first-order chi connectivity index (χ1) is 13.9. The van der Waals surface area contributed by atoms with Crippen LogP contribution in [0.5, 0.6) is 0 Å². The zero-order valence-corrected chi connectivity index (χ0v) is 15.9. The van der Waals surface area contributed by atoms with Crippen molar-refractivity contribution < 1.29 is 13.2 Å². The molecule has 0 saturated heterocycles. The minimum atomic E-state index is -4.47. The molecule has 150 valence electrons. The van der Waals surface area contributed by atoms with Gasteiger partial charge >= 0.3 is 6.18 Å². The van der Waals surface area contributed by atoms with Crippen LogP contribution in [0.15, 0.2) is 60.8 Å². The number of benzene rings is 1. The predicted octanol–water partition coefficient (Wildman–Crippen LogP) is 5.06. The largest absolute Gasteiger partial charge is 0.412 e. The second kappa shape index (κ2) is 7.73. The number of aromatic nitrogens is 2.